The zero-order valence-electron chi connectivity index (χ0n) is 22.5. The molecule has 0 aromatic heterocycles. The summed E-state index contributed by atoms with van der Waals surface area (Å²) >= 11 is 0. The van der Waals surface area contributed by atoms with E-state index < -0.39 is 38.2 Å². The van der Waals surface area contributed by atoms with Gasteiger partial charge in [0.1, 0.15) is 18.5 Å². The van der Waals surface area contributed by atoms with E-state index in [-0.39, 0.29) is 25.0 Å². The lowest BCUT2D eigenvalue weighted by Crippen LogP contribution is -2.37. The van der Waals surface area contributed by atoms with Crippen LogP contribution in [0.5, 0.6) is 0 Å². The zero-order chi connectivity index (χ0) is 28.6. The van der Waals surface area contributed by atoms with Crippen molar-refractivity contribution in [3.8, 4) is 0 Å². The van der Waals surface area contributed by atoms with Crippen LogP contribution >= 0.6 is 8.03 Å². The molecule has 2 aromatic rings. The number of halogens is 1. The van der Waals surface area contributed by atoms with Crippen molar-refractivity contribution in [1.29, 1.82) is 0 Å². The molecule has 2 N–H and O–H groups in total. The van der Waals surface area contributed by atoms with Crippen molar-refractivity contribution in [1.82, 2.24) is 10.6 Å². The van der Waals surface area contributed by atoms with Crippen molar-refractivity contribution in [2.75, 3.05) is 19.3 Å². The van der Waals surface area contributed by atoms with Crippen LogP contribution in [0.25, 0.3) is 0 Å². The second kappa shape index (κ2) is 17.5. The summed E-state index contributed by atoms with van der Waals surface area (Å²) in [6.45, 7) is 1.16. The van der Waals surface area contributed by atoms with Crippen molar-refractivity contribution < 1.29 is 37.3 Å². The van der Waals surface area contributed by atoms with Crippen LogP contribution in [0.2, 0.25) is 0 Å². The van der Waals surface area contributed by atoms with Gasteiger partial charge in [-0.2, -0.15) is 0 Å². The molecule has 1 amide bonds. The molecule has 9 nitrogen and oxygen atoms in total. The van der Waals surface area contributed by atoms with Gasteiger partial charge < -0.3 is 20.1 Å². The van der Waals surface area contributed by atoms with E-state index in [1.807, 2.05) is 30.3 Å². The summed E-state index contributed by atoms with van der Waals surface area (Å²) in [7, 11) is -2.16. The number of benzene rings is 2. The van der Waals surface area contributed by atoms with Gasteiger partial charge in [-0.3, -0.25) is 0 Å². The monoisotopic (exact) mass is 575 g/mol. The number of aryl methyl sites for hydroxylation is 1. The van der Waals surface area contributed by atoms with Gasteiger partial charge >= 0.3 is 26.1 Å². The Morgan fingerprint density at radius 3 is 2.50 bits per heavy atom. The van der Waals surface area contributed by atoms with Gasteiger partial charge in [-0.15, -0.1) is 4.52 Å². The van der Waals surface area contributed by atoms with Crippen LogP contribution in [-0.2, 0) is 41.2 Å². The SMILES string of the molecule is O=C(NCCCCC(O[P+](=O)CCCCc1ccc(F)cc1)C(=O)OC(=O)[C@@H]1CCCN1)OCc1ccccc1. The van der Waals surface area contributed by atoms with Gasteiger partial charge in [0.15, 0.2) is 6.16 Å². The third-order valence-corrected chi connectivity index (χ3v) is 7.57. The summed E-state index contributed by atoms with van der Waals surface area (Å²) in [4.78, 5) is 37.0. The number of amides is 1. The maximum absolute atomic E-state index is 13.0. The Kier molecular flexibility index (Phi) is 13.7. The minimum atomic E-state index is -2.16. The molecule has 1 aliphatic heterocycles. The van der Waals surface area contributed by atoms with E-state index in [1.54, 1.807) is 12.1 Å². The van der Waals surface area contributed by atoms with Crippen molar-refractivity contribution in [3.63, 3.8) is 0 Å². The topological polar surface area (TPSA) is 120 Å². The second-order valence-corrected chi connectivity index (χ2v) is 10.9. The Balaban J connectivity index is 1.39. The highest BCUT2D eigenvalue weighted by atomic mass is 31.1. The van der Waals surface area contributed by atoms with Crippen molar-refractivity contribution in [2.24, 2.45) is 0 Å². The molecule has 0 spiro atoms. The Hall–Kier alpha value is -3.20. The average Bonchev–Trinajstić information content (AvgIpc) is 3.50. The number of ether oxygens (including phenoxy) is 2. The van der Waals surface area contributed by atoms with E-state index in [1.165, 1.54) is 12.1 Å². The Labute approximate surface area is 235 Å². The first-order valence-electron chi connectivity index (χ1n) is 13.7. The van der Waals surface area contributed by atoms with Gasteiger partial charge in [-0.1, -0.05) is 42.5 Å². The number of carbonyl (C=O) groups excluding carboxylic acids is 3. The van der Waals surface area contributed by atoms with Crippen molar-refractivity contribution in [3.05, 3.63) is 71.5 Å². The largest absolute Gasteiger partial charge is 0.508 e. The fraction of sp³-hybridized carbons (Fsp3) is 0.483. The van der Waals surface area contributed by atoms with Gasteiger partial charge in [-0.25, -0.2) is 18.8 Å². The molecule has 0 aliphatic carbocycles. The molecule has 40 heavy (non-hydrogen) atoms. The van der Waals surface area contributed by atoms with Crippen LogP contribution < -0.4 is 10.6 Å². The normalized spacial score (nSPS) is 15.7. The zero-order valence-corrected chi connectivity index (χ0v) is 23.4. The smallest absolute Gasteiger partial charge is 0.445 e. The molecule has 11 heteroatoms. The third kappa shape index (κ3) is 11.9. The molecule has 1 heterocycles. The number of hydrogen-bond acceptors (Lipinski definition) is 8. The molecule has 1 saturated heterocycles. The summed E-state index contributed by atoms with van der Waals surface area (Å²) in [6, 6.07) is 15.0. The summed E-state index contributed by atoms with van der Waals surface area (Å²) in [5, 5.41) is 5.64. The molecule has 0 bridgehead atoms. The predicted molar refractivity (Wildman–Crippen MR) is 147 cm³/mol. The predicted octanol–water partition coefficient (Wildman–Crippen LogP) is 5.19. The number of unbranched alkanes of at least 4 members (excludes halogenated alkanes) is 2. The summed E-state index contributed by atoms with van der Waals surface area (Å²) in [5.41, 5.74) is 1.86. The van der Waals surface area contributed by atoms with Gasteiger partial charge in [0.25, 0.3) is 0 Å². The first kappa shape index (κ1) is 31.3. The highest BCUT2D eigenvalue weighted by molar-refractivity contribution is 7.39. The van der Waals surface area contributed by atoms with Crippen LogP contribution in [0, 0.1) is 5.82 Å². The molecule has 1 fully saturated rings. The van der Waals surface area contributed by atoms with Gasteiger partial charge in [0.2, 0.25) is 6.10 Å². The fourth-order valence-electron chi connectivity index (χ4n) is 4.17. The quantitative estimate of drug-likeness (QED) is 0.121. The molecule has 0 radical (unpaired) electrons. The number of hydrogen-bond donors (Lipinski definition) is 2. The summed E-state index contributed by atoms with van der Waals surface area (Å²) in [5.74, 6) is -1.81. The molecule has 3 atom stereocenters. The molecular weight excluding hydrogens is 538 g/mol. The number of nitrogens with one attached hydrogen (secondary N) is 2. The first-order valence-corrected chi connectivity index (χ1v) is 15.1. The maximum Gasteiger partial charge on any atom is 0.508 e. The molecular formula is C29H37FN2O7P+. The standard InChI is InChI=1S/C29H36FN2O7P/c30-24-16-14-22(15-17-24)9-5-7-20-40(36)39-26(28(34)38-27(33)25-12-8-19-31-25)13-4-6-18-32-29(35)37-21-23-10-2-1-3-11-23/h1-3,10-11,14-17,25-26,31H,4-9,12-13,18-21H2/p+1/t25-,26?/m0/s1. The minimum absolute atomic E-state index is 0.162. The molecule has 3 rings (SSSR count). The fourth-order valence-corrected chi connectivity index (χ4v) is 5.23. The minimum Gasteiger partial charge on any atom is -0.445 e. The van der Waals surface area contributed by atoms with Gasteiger partial charge in [-0.05, 0) is 85.7 Å². The highest BCUT2D eigenvalue weighted by Crippen LogP contribution is 2.29. The molecule has 1 aliphatic rings. The number of rotatable bonds is 16. The van der Waals surface area contributed by atoms with Crippen LogP contribution in [0.1, 0.15) is 56.1 Å². The van der Waals surface area contributed by atoms with E-state index in [4.69, 9.17) is 14.0 Å². The van der Waals surface area contributed by atoms with Crippen molar-refractivity contribution in [2.45, 2.75) is 70.1 Å². The lowest BCUT2D eigenvalue weighted by molar-refractivity contribution is -0.166. The second-order valence-electron chi connectivity index (χ2n) is 9.61. The summed E-state index contributed by atoms with van der Waals surface area (Å²) < 4.78 is 41.4. The van der Waals surface area contributed by atoms with Gasteiger partial charge in [0.05, 0.1) is 0 Å². The molecule has 2 unspecified atom stereocenters. The first-order chi connectivity index (χ1) is 19.4. The third-order valence-electron chi connectivity index (χ3n) is 6.40. The van der Waals surface area contributed by atoms with Crippen LogP contribution in [-0.4, -0.2) is 49.4 Å². The average molecular weight is 576 g/mol. The lowest BCUT2D eigenvalue weighted by Gasteiger charge is -2.13. The van der Waals surface area contributed by atoms with Crippen LogP contribution in [0.15, 0.2) is 54.6 Å². The number of esters is 2. The van der Waals surface area contributed by atoms with E-state index in [9.17, 15) is 23.3 Å². The maximum atomic E-state index is 13.0. The van der Waals surface area contributed by atoms with E-state index >= 15 is 0 Å². The summed E-state index contributed by atoms with van der Waals surface area (Å²) in [6.07, 6.45) is 3.13. The van der Waals surface area contributed by atoms with Gasteiger partial charge in [0, 0.05) is 6.54 Å². The van der Waals surface area contributed by atoms with Crippen LogP contribution in [0.3, 0.4) is 0 Å². The number of alkyl carbamates (subject to hydrolysis) is 1. The Morgan fingerprint density at radius 1 is 1.00 bits per heavy atom. The Morgan fingerprint density at radius 2 is 1.77 bits per heavy atom. The highest BCUT2D eigenvalue weighted by Gasteiger charge is 2.34. The van der Waals surface area contributed by atoms with E-state index in [2.05, 4.69) is 10.6 Å². The van der Waals surface area contributed by atoms with E-state index in [0.29, 0.717) is 45.2 Å². The molecule has 2 aromatic carbocycles. The lowest BCUT2D eigenvalue weighted by atomic mass is 10.1. The van der Waals surface area contributed by atoms with Crippen molar-refractivity contribution >= 4 is 26.1 Å². The molecule has 0 saturated carbocycles. The number of carbonyl (C=O) groups is 3. The Bertz CT molecular complexity index is 1100. The van der Waals surface area contributed by atoms with Crippen LogP contribution in [0.4, 0.5) is 9.18 Å². The van der Waals surface area contributed by atoms with E-state index in [0.717, 1.165) is 24.0 Å². The molecule has 216 valence electrons.